The van der Waals surface area contributed by atoms with Crippen LogP contribution < -0.4 is 10.5 Å². The van der Waals surface area contributed by atoms with Crippen LogP contribution in [0.3, 0.4) is 0 Å². The first-order valence-electron chi connectivity index (χ1n) is 6.50. The first-order chi connectivity index (χ1) is 9.84. The number of para-hydroxylation sites is 1. The number of hydrogen-bond donors (Lipinski definition) is 1. The van der Waals surface area contributed by atoms with Crippen molar-refractivity contribution < 1.29 is 4.74 Å². The van der Waals surface area contributed by atoms with E-state index in [0.717, 1.165) is 23.0 Å². The minimum Gasteiger partial charge on any atom is -0.490 e. The molecule has 100 valence electrons. The number of rotatable bonds is 4. The van der Waals surface area contributed by atoms with Gasteiger partial charge in [-0.2, -0.15) is 0 Å². The van der Waals surface area contributed by atoms with Gasteiger partial charge in [0.1, 0.15) is 0 Å². The van der Waals surface area contributed by atoms with Gasteiger partial charge in [0.15, 0.2) is 5.75 Å². The van der Waals surface area contributed by atoms with Crippen molar-refractivity contribution in [1.82, 2.24) is 9.97 Å². The Kier molecular flexibility index (Phi) is 3.46. The van der Waals surface area contributed by atoms with Crippen LogP contribution in [0.2, 0.25) is 0 Å². The van der Waals surface area contributed by atoms with E-state index in [2.05, 4.69) is 9.97 Å². The Morgan fingerprint density at radius 2 is 1.85 bits per heavy atom. The molecule has 0 aliphatic rings. The summed E-state index contributed by atoms with van der Waals surface area (Å²) in [5.41, 5.74) is 8.41. The van der Waals surface area contributed by atoms with Crippen LogP contribution >= 0.6 is 0 Å². The van der Waals surface area contributed by atoms with Crippen molar-refractivity contribution in [2.45, 2.75) is 6.42 Å². The maximum atomic E-state index is 5.96. The fourth-order valence-electron chi connectivity index (χ4n) is 2.10. The van der Waals surface area contributed by atoms with Gasteiger partial charge < -0.3 is 10.5 Å². The van der Waals surface area contributed by atoms with E-state index in [4.69, 9.17) is 10.5 Å². The van der Waals surface area contributed by atoms with Gasteiger partial charge in [0, 0.05) is 23.7 Å². The molecule has 20 heavy (non-hydrogen) atoms. The van der Waals surface area contributed by atoms with Crippen LogP contribution in [0.4, 0.5) is 5.69 Å². The van der Waals surface area contributed by atoms with Gasteiger partial charge in [0.2, 0.25) is 0 Å². The molecule has 4 heteroatoms. The molecule has 0 atom stereocenters. The summed E-state index contributed by atoms with van der Waals surface area (Å²) in [6.07, 6.45) is 4.17. The van der Waals surface area contributed by atoms with Crippen molar-refractivity contribution in [3.63, 3.8) is 0 Å². The molecular formula is C16H15N3O. The van der Waals surface area contributed by atoms with Crippen LogP contribution in [-0.4, -0.2) is 16.6 Å². The molecule has 1 aromatic carbocycles. The second-order valence-corrected chi connectivity index (χ2v) is 4.48. The SMILES string of the molecule is Nc1cnc2ccccc2c1OCCc1ccccn1. The van der Waals surface area contributed by atoms with Crippen LogP contribution in [0, 0.1) is 0 Å². The highest BCUT2D eigenvalue weighted by Gasteiger charge is 2.07. The molecule has 3 aromatic rings. The number of anilines is 1. The molecule has 4 nitrogen and oxygen atoms in total. The summed E-state index contributed by atoms with van der Waals surface area (Å²) in [7, 11) is 0. The van der Waals surface area contributed by atoms with E-state index in [1.807, 2.05) is 42.5 Å². The summed E-state index contributed by atoms with van der Waals surface area (Å²) in [4.78, 5) is 8.56. The van der Waals surface area contributed by atoms with Gasteiger partial charge in [0.05, 0.1) is 24.0 Å². The third-order valence-electron chi connectivity index (χ3n) is 3.08. The lowest BCUT2D eigenvalue weighted by Crippen LogP contribution is -2.05. The number of nitrogens with zero attached hydrogens (tertiary/aromatic N) is 2. The highest BCUT2D eigenvalue weighted by Crippen LogP contribution is 2.29. The molecule has 0 spiro atoms. The van der Waals surface area contributed by atoms with Crippen LogP contribution in [0.5, 0.6) is 5.75 Å². The maximum Gasteiger partial charge on any atom is 0.153 e. The third-order valence-corrected chi connectivity index (χ3v) is 3.08. The zero-order valence-corrected chi connectivity index (χ0v) is 11.0. The quantitative estimate of drug-likeness (QED) is 0.788. The number of hydrogen-bond acceptors (Lipinski definition) is 4. The van der Waals surface area contributed by atoms with Crippen LogP contribution in [0.15, 0.2) is 54.9 Å². The maximum absolute atomic E-state index is 5.96. The molecule has 3 rings (SSSR count). The molecule has 2 N–H and O–H groups in total. The highest BCUT2D eigenvalue weighted by atomic mass is 16.5. The molecule has 2 heterocycles. The number of nitrogen functional groups attached to an aromatic ring is 1. The van der Waals surface area contributed by atoms with Crippen molar-refractivity contribution in [3.05, 3.63) is 60.6 Å². The van der Waals surface area contributed by atoms with E-state index < -0.39 is 0 Å². The monoisotopic (exact) mass is 265 g/mol. The number of nitrogens with two attached hydrogens (primary N) is 1. The zero-order valence-electron chi connectivity index (χ0n) is 11.0. The molecule has 2 aromatic heterocycles. The van der Waals surface area contributed by atoms with E-state index >= 15 is 0 Å². The smallest absolute Gasteiger partial charge is 0.153 e. The minimum absolute atomic E-state index is 0.537. The number of pyridine rings is 2. The van der Waals surface area contributed by atoms with Gasteiger partial charge in [-0.15, -0.1) is 0 Å². The summed E-state index contributed by atoms with van der Waals surface area (Å²) < 4.78 is 5.85. The summed E-state index contributed by atoms with van der Waals surface area (Å²) in [5, 5.41) is 0.938. The van der Waals surface area contributed by atoms with Crippen molar-refractivity contribution in [3.8, 4) is 5.75 Å². The Hall–Kier alpha value is -2.62. The Morgan fingerprint density at radius 1 is 1.00 bits per heavy atom. The molecule has 0 aliphatic carbocycles. The van der Waals surface area contributed by atoms with Crippen LogP contribution in [-0.2, 0) is 6.42 Å². The van der Waals surface area contributed by atoms with E-state index in [9.17, 15) is 0 Å². The topological polar surface area (TPSA) is 61.0 Å². The summed E-state index contributed by atoms with van der Waals surface area (Å²) in [6.45, 7) is 0.537. The lowest BCUT2D eigenvalue weighted by molar-refractivity contribution is 0.326. The van der Waals surface area contributed by atoms with Crippen molar-refractivity contribution in [1.29, 1.82) is 0 Å². The molecule has 0 amide bonds. The molecule has 0 aliphatic heterocycles. The molecular weight excluding hydrogens is 250 g/mol. The van der Waals surface area contributed by atoms with Crippen LogP contribution in [0.25, 0.3) is 10.9 Å². The normalized spacial score (nSPS) is 10.6. The standard InChI is InChI=1S/C16H15N3O/c17-14-11-19-15-7-2-1-6-13(15)16(14)20-10-8-12-5-3-4-9-18-12/h1-7,9,11H,8,10,17H2. The number of ether oxygens (including phenoxy) is 1. The van der Waals surface area contributed by atoms with Crippen molar-refractivity contribution in [2.24, 2.45) is 0 Å². The Bertz CT molecular complexity index is 713. The molecule has 0 fully saturated rings. The van der Waals surface area contributed by atoms with E-state index in [1.54, 1.807) is 12.4 Å². The predicted molar refractivity (Wildman–Crippen MR) is 79.6 cm³/mol. The first kappa shape index (κ1) is 12.4. The average Bonchev–Trinajstić information content (AvgIpc) is 2.50. The molecule has 0 saturated carbocycles. The van der Waals surface area contributed by atoms with E-state index in [1.165, 1.54) is 0 Å². The lowest BCUT2D eigenvalue weighted by Gasteiger charge is -2.11. The second kappa shape index (κ2) is 5.57. The number of benzene rings is 1. The Morgan fingerprint density at radius 3 is 2.70 bits per heavy atom. The van der Waals surface area contributed by atoms with Gasteiger partial charge >= 0.3 is 0 Å². The molecule has 0 bridgehead atoms. The number of fused-ring (bicyclic) bond motifs is 1. The largest absolute Gasteiger partial charge is 0.490 e. The summed E-state index contributed by atoms with van der Waals surface area (Å²) in [6, 6.07) is 13.7. The van der Waals surface area contributed by atoms with Crippen LogP contribution in [0.1, 0.15) is 5.69 Å². The van der Waals surface area contributed by atoms with Crippen molar-refractivity contribution >= 4 is 16.6 Å². The summed E-state index contributed by atoms with van der Waals surface area (Å²) >= 11 is 0. The van der Waals surface area contributed by atoms with Gasteiger partial charge in [-0.1, -0.05) is 18.2 Å². The number of aromatic nitrogens is 2. The fourth-order valence-corrected chi connectivity index (χ4v) is 2.10. The zero-order chi connectivity index (χ0) is 13.8. The second-order valence-electron chi connectivity index (χ2n) is 4.48. The summed E-state index contributed by atoms with van der Waals surface area (Å²) in [5.74, 6) is 0.700. The van der Waals surface area contributed by atoms with Crippen molar-refractivity contribution in [2.75, 3.05) is 12.3 Å². The minimum atomic E-state index is 0.537. The van der Waals surface area contributed by atoms with Gasteiger partial charge in [0.25, 0.3) is 0 Å². The Balaban J connectivity index is 1.79. The molecule has 0 unspecified atom stereocenters. The first-order valence-corrected chi connectivity index (χ1v) is 6.50. The fraction of sp³-hybridized carbons (Fsp3) is 0.125. The van der Waals surface area contributed by atoms with Gasteiger partial charge in [-0.3, -0.25) is 9.97 Å². The van der Waals surface area contributed by atoms with E-state index in [0.29, 0.717) is 18.0 Å². The van der Waals surface area contributed by atoms with Gasteiger partial charge in [-0.05, 0) is 24.3 Å². The molecule has 0 radical (unpaired) electrons. The third kappa shape index (κ3) is 2.54. The highest BCUT2D eigenvalue weighted by molar-refractivity contribution is 5.89. The van der Waals surface area contributed by atoms with Gasteiger partial charge in [-0.25, -0.2) is 0 Å². The lowest BCUT2D eigenvalue weighted by atomic mass is 10.2. The average molecular weight is 265 g/mol. The predicted octanol–water partition coefficient (Wildman–Crippen LogP) is 2.83. The Labute approximate surface area is 117 Å². The van der Waals surface area contributed by atoms with E-state index in [-0.39, 0.29) is 0 Å². The molecule has 0 saturated heterocycles.